The number of fused-ring (bicyclic) bond motifs is 1. The zero-order valence-electron chi connectivity index (χ0n) is 9.12. The van der Waals surface area contributed by atoms with Crippen molar-refractivity contribution in [2.24, 2.45) is 22.9 Å². The van der Waals surface area contributed by atoms with Crippen molar-refractivity contribution >= 4 is 36.6 Å². The zero-order chi connectivity index (χ0) is 13.2. The molecule has 17 heavy (non-hydrogen) atoms. The van der Waals surface area contributed by atoms with Gasteiger partial charge in [0.2, 0.25) is 0 Å². The normalized spacial score (nSPS) is 21.6. The molecule has 1 atom stereocenters. The summed E-state index contributed by atoms with van der Waals surface area (Å²) in [6, 6.07) is 0. The van der Waals surface area contributed by atoms with Gasteiger partial charge in [0.1, 0.15) is 11.1 Å². The Hall–Kier alpha value is -1.31. The molecule has 94 valence electrons. The maximum absolute atomic E-state index is 5.96. The quantitative estimate of drug-likeness (QED) is 0.136. The monoisotopic (exact) mass is 256 g/mol. The van der Waals surface area contributed by atoms with Crippen molar-refractivity contribution in [3.63, 3.8) is 0 Å². The van der Waals surface area contributed by atoms with E-state index in [-0.39, 0.29) is 25.6 Å². The van der Waals surface area contributed by atoms with Gasteiger partial charge in [-0.05, 0) is 8.58 Å². The van der Waals surface area contributed by atoms with E-state index in [0.29, 0.717) is 16.6 Å². The lowest BCUT2D eigenvalue weighted by Crippen LogP contribution is -2.69. The van der Waals surface area contributed by atoms with Crippen LogP contribution in [0, 0.1) is 0 Å². The number of benzene rings is 1. The second-order valence-electron chi connectivity index (χ2n) is 4.27. The standard InChI is InChI=1S/C8H17N8P/c9-2-1-6(5(12)4(11)3(2)10)17-8(15,16)7(1,13)14/h17H,9-16H2. The maximum Gasteiger partial charge on any atom is 0.129 e. The molecule has 0 saturated heterocycles. The highest BCUT2D eigenvalue weighted by Gasteiger charge is 2.51. The highest BCUT2D eigenvalue weighted by molar-refractivity contribution is 7.50. The Morgan fingerprint density at radius 1 is 0.706 bits per heavy atom. The van der Waals surface area contributed by atoms with Gasteiger partial charge in [-0.15, -0.1) is 0 Å². The molecule has 8 nitrogen and oxygen atoms in total. The van der Waals surface area contributed by atoms with Gasteiger partial charge in [0.25, 0.3) is 0 Å². The van der Waals surface area contributed by atoms with Crippen molar-refractivity contribution < 1.29 is 0 Å². The molecule has 1 aromatic rings. The van der Waals surface area contributed by atoms with E-state index in [9.17, 15) is 0 Å². The fourth-order valence-corrected chi connectivity index (χ4v) is 3.39. The molecule has 1 aromatic carbocycles. The van der Waals surface area contributed by atoms with Crippen LogP contribution in [0.3, 0.4) is 0 Å². The van der Waals surface area contributed by atoms with Gasteiger partial charge in [0.15, 0.2) is 0 Å². The van der Waals surface area contributed by atoms with Crippen LogP contribution in [-0.4, -0.2) is 5.40 Å². The van der Waals surface area contributed by atoms with Crippen LogP contribution in [0.2, 0.25) is 0 Å². The van der Waals surface area contributed by atoms with Crippen LogP contribution in [0.25, 0.3) is 0 Å². The summed E-state index contributed by atoms with van der Waals surface area (Å²) in [4.78, 5) is 0. The Bertz CT molecular complexity index is 509. The largest absolute Gasteiger partial charge is 0.397 e. The average Bonchev–Trinajstić information content (AvgIpc) is 2.40. The minimum atomic E-state index is -1.49. The summed E-state index contributed by atoms with van der Waals surface area (Å²) in [5.41, 5.74) is 46.7. The summed E-state index contributed by atoms with van der Waals surface area (Å²) in [6.07, 6.45) is 0. The molecule has 1 aliphatic rings. The average molecular weight is 256 g/mol. The second kappa shape index (κ2) is 3.12. The summed E-state index contributed by atoms with van der Waals surface area (Å²) in [5, 5.41) is -0.721. The van der Waals surface area contributed by atoms with Crippen molar-refractivity contribution in [1.82, 2.24) is 0 Å². The van der Waals surface area contributed by atoms with E-state index in [0.717, 1.165) is 0 Å². The molecule has 1 heterocycles. The molecule has 1 unspecified atom stereocenters. The Kier molecular flexibility index (Phi) is 2.23. The molecule has 0 bridgehead atoms. The Morgan fingerprint density at radius 3 is 1.71 bits per heavy atom. The van der Waals surface area contributed by atoms with Gasteiger partial charge in [-0.25, -0.2) is 0 Å². The maximum atomic E-state index is 5.96. The molecular weight excluding hydrogens is 239 g/mol. The number of rotatable bonds is 0. The van der Waals surface area contributed by atoms with Crippen LogP contribution in [-0.2, 0) is 5.66 Å². The number of hydrogen-bond acceptors (Lipinski definition) is 8. The molecule has 2 rings (SSSR count). The van der Waals surface area contributed by atoms with E-state index in [1.165, 1.54) is 0 Å². The van der Waals surface area contributed by atoms with Gasteiger partial charge in [-0.1, -0.05) is 0 Å². The lowest BCUT2D eigenvalue weighted by Gasteiger charge is -2.34. The minimum absolute atomic E-state index is 0.0892. The number of nitrogen functional groups attached to an aromatic ring is 4. The Balaban J connectivity index is 2.85. The summed E-state index contributed by atoms with van der Waals surface area (Å²) in [5.74, 6) is 0. The van der Waals surface area contributed by atoms with Crippen LogP contribution in [0.4, 0.5) is 22.7 Å². The van der Waals surface area contributed by atoms with Crippen LogP contribution in [0.5, 0.6) is 0 Å². The van der Waals surface area contributed by atoms with E-state index in [4.69, 9.17) is 45.9 Å². The molecule has 0 saturated carbocycles. The summed E-state index contributed by atoms with van der Waals surface area (Å²) in [7, 11) is -0.0892. The summed E-state index contributed by atoms with van der Waals surface area (Å²) in [6.45, 7) is 0. The molecule has 0 spiro atoms. The van der Waals surface area contributed by atoms with Crippen LogP contribution < -0.4 is 51.2 Å². The first kappa shape index (κ1) is 12.2. The molecule has 0 amide bonds. The molecule has 16 N–H and O–H groups in total. The van der Waals surface area contributed by atoms with Gasteiger partial charge in [0.05, 0.1) is 22.7 Å². The Morgan fingerprint density at radius 2 is 1.18 bits per heavy atom. The third-order valence-electron chi connectivity index (χ3n) is 3.09. The third kappa shape index (κ3) is 1.30. The summed E-state index contributed by atoms with van der Waals surface area (Å²) < 4.78 is 0. The van der Waals surface area contributed by atoms with E-state index in [1.54, 1.807) is 0 Å². The smallest absolute Gasteiger partial charge is 0.129 e. The SMILES string of the molecule is Nc1c(N)c(N)c2c(c1N)PC(N)(N)C2(N)N. The zero-order valence-corrected chi connectivity index (χ0v) is 10.1. The number of hydrogen-bond donors (Lipinski definition) is 8. The van der Waals surface area contributed by atoms with Crippen molar-refractivity contribution in [3.8, 4) is 0 Å². The van der Waals surface area contributed by atoms with Crippen LogP contribution >= 0.6 is 8.58 Å². The van der Waals surface area contributed by atoms with E-state index >= 15 is 0 Å². The highest BCUT2D eigenvalue weighted by Crippen LogP contribution is 2.49. The third-order valence-corrected chi connectivity index (χ3v) is 4.69. The highest BCUT2D eigenvalue weighted by atomic mass is 31.1. The van der Waals surface area contributed by atoms with Crippen molar-refractivity contribution in [3.05, 3.63) is 5.56 Å². The fourth-order valence-electron chi connectivity index (χ4n) is 1.91. The van der Waals surface area contributed by atoms with Crippen molar-refractivity contribution in [1.29, 1.82) is 0 Å². The molecule has 1 aliphatic heterocycles. The van der Waals surface area contributed by atoms with Gasteiger partial charge in [-0.2, -0.15) is 0 Å². The predicted molar refractivity (Wildman–Crippen MR) is 73.2 cm³/mol. The first-order chi connectivity index (χ1) is 7.61. The molecule has 9 heteroatoms. The minimum Gasteiger partial charge on any atom is -0.397 e. The van der Waals surface area contributed by atoms with Crippen LogP contribution in [0.1, 0.15) is 5.56 Å². The molecular formula is C8H17N8P. The number of nitrogens with two attached hydrogens (primary N) is 8. The first-order valence-electron chi connectivity index (χ1n) is 4.81. The van der Waals surface area contributed by atoms with Gasteiger partial charge < -0.3 is 45.9 Å². The number of anilines is 4. The second-order valence-corrected chi connectivity index (χ2v) is 5.85. The van der Waals surface area contributed by atoms with Gasteiger partial charge in [-0.3, -0.25) is 0 Å². The lowest BCUT2D eigenvalue weighted by molar-refractivity contribution is 0.347. The molecule has 0 fully saturated rings. The predicted octanol–water partition coefficient (Wildman–Crippen LogP) is -3.03. The topological polar surface area (TPSA) is 208 Å². The summed E-state index contributed by atoms with van der Waals surface area (Å²) >= 11 is 0. The van der Waals surface area contributed by atoms with Crippen LogP contribution in [0.15, 0.2) is 0 Å². The fraction of sp³-hybridized carbons (Fsp3) is 0.250. The van der Waals surface area contributed by atoms with E-state index in [1.807, 2.05) is 0 Å². The van der Waals surface area contributed by atoms with Crippen molar-refractivity contribution in [2.45, 2.75) is 11.1 Å². The van der Waals surface area contributed by atoms with Crippen molar-refractivity contribution in [2.75, 3.05) is 22.9 Å². The molecule has 0 aromatic heterocycles. The lowest BCUT2D eigenvalue weighted by atomic mass is 9.94. The molecule has 0 aliphatic carbocycles. The Labute approximate surface area is 99.8 Å². The van der Waals surface area contributed by atoms with E-state index in [2.05, 4.69) is 0 Å². The van der Waals surface area contributed by atoms with Gasteiger partial charge >= 0.3 is 0 Å². The molecule has 0 radical (unpaired) electrons. The first-order valence-corrected chi connectivity index (χ1v) is 5.81. The van der Waals surface area contributed by atoms with E-state index < -0.39 is 11.1 Å². The van der Waals surface area contributed by atoms with Gasteiger partial charge in [0, 0.05) is 10.9 Å².